The Kier molecular flexibility index (Phi) is 3.50. The zero-order valence-corrected chi connectivity index (χ0v) is 11.2. The minimum atomic E-state index is 0.596. The van der Waals surface area contributed by atoms with Crippen LogP contribution in [0.15, 0.2) is 6.20 Å². The average Bonchev–Trinajstić information content (AvgIpc) is 2.99. The van der Waals surface area contributed by atoms with Crippen LogP contribution in [0.5, 0.6) is 0 Å². The summed E-state index contributed by atoms with van der Waals surface area (Å²) in [7, 11) is 0. The molecule has 2 fully saturated rings. The molecule has 0 amide bonds. The molecule has 2 aliphatic rings. The maximum atomic E-state index is 4.13. The third-order valence-corrected chi connectivity index (χ3v) is 4.23. The first-order valence-corrected chi connectivity index (χ1v) is 7.26. The van der Waals surface area contributed by atoms with Gasteiger partial charge in [0.1, 0.15) is 5.82 Å². The van der Waals surface area contributed by atoms with Gasteiger partial charge in [-0.05, 0) is 38.6 Å². The summed E-state index contributed by atoms with van der Waals surface area (Å²) in [6, 6.07) is 1.41. The van der Waals surface area contributed by atoms with E-state index in [0.29, 0.717) is 6.04 Å². The summed E-state index contributed by atoms with van der Waals surface area (Å²) in [5.74, 6) is 1.09. The predicted octanol–water partition coefficient (Wildman–Crippen LogP) is 1.73. The van der Waals surface area contributed by atoms with E-state index in [1.807, 2.05) is 10.9 Å². The summed E-state index contributed by atoms with van der Waals surface area (Å²) in [6.07, 6.45) is 8.23. The van der Waals surface area contributed by atoms with Gasteiger partial charge in [0.15, 0.2) is 0 Å². The van der Waals surface area contributed by atoms with Crippen molar-refractivity contribution < 1.29 is 0 Å². The van der Waals surface area contributed by atoms with Crippen molar-refractivity contribution in [2.75, 3.05) is 18.4 Å². The van der Waals surface area contributed by atoms with E-state index < -0.39 is 0 Å². The molecule has 5 heteroatoms. The molecule has 1 aromatic rings. The van der Waals surface area contributed by atoms with E-state index in [1.165, 1.54) is 38.8 Å². The molecule has 2 unspecified atom stereocenters. The number of piperidine rings is 1. The fourth-order valence-corrected chi connectivity index (χ4v) is 3.31. The lowest BCUT2D eigenvalue weighted by Crippen LogP contribution is -2.43. The SMILES string of the molecule is CCCn1nncc1NC1CCN2CCCC2C1. The van der Waals surface area contributed by atoms with Crippen molar-refractivity contribution in [1.82, 2.24) is 19.9 Å². The van der Waals surface area contributed by atoms with Gasteiger partial charge >= 0.3 is 0 Å². The van der Waals surface area contributed by atoms with Crippen molar-refractivity contribution in [1.29, 1.82) is 0 Å². The summed E-state index contributed by atoms with van der Waals surface area (Å²) in [5, 5.41) is 11.8. The van der Waals surface area contributed by atoms with Gasteiger partial charge in [0.2, 0.25) is 0 Å². The predicted molar refractivity (Wildman–Crippen MR) is 71.6 cm³/mol. The highest BCUT2D eigenvalue weighted by atomic mass is 15.5. The van der Waals surface area contributed by atoms with Crippen LogP contribution in [0.3, 0.4) is 0 Å². The molecule has 0 radical (unpaired) electrons. The van der Waals surface area contributed by atoms with Gasteiger partial charge in [0.25, 0.3) is 0 Å². The lowest BCUT2D eigenvalue weighted by atomic mass is 9.98. The largest absolute Gasteiger partial charge is 0.366 e. The maximum Gasteiger partial charge on any atom is 0.145 e. The van der Waals surface area contributed by atoms with Crippen molar-refractivity contribution in [3.05, 3.63) is 6.20 Å². The number of nitrogens with zero attached hydrogens (tertiary/aromatic N) is 4. The van der Waals surface area contributed by atoms with Crippen LogP contribution in [0.4, 0.5) is 5.82 Å². The van der Waals surface area contributed by atoms with E-state index >= 15 is 0 Å². The van der Waals surface area contributed by atoms with E-state index in [0.717, 1.165) is 24.8 Å². The summed E-state index contributed by atoms with van der Waals surface area (Å²) in [6.45, 7) is 5.68. The minimum Gasteiger partial charge on any atom is -0.366 e. The van der Waals surface area contributed by atoms with Crippen LogP contribution in [0.1, 0.15) is 39.0 Å². The molecule has 0 saturated carbocycles. The fraction of sp³-hybridized carbons (Fsp3) is 0.846. The van der Waals surface area contributed by atoms with Crippen molar-refractivity contribution in [3.63, 3.8) is 0 Å². The highest BCUT2D eigenvalue weighted by molar-refractivity contribution is 5.32. The van der Waals surface area contributed by atoms with E-state index in [4.69, 9.17) is 0 Å². The van der Waals surface area contributed by atoms with Crippen LogP contribution in [0.2, 0.25) is 0 Å². The number of hydrogen-bond donors (Lipinski definition) is 1. The van der Waals surface area contributed by atoms with Gasteiger partial charge in [-0.25, -0.2) is 4.68 Å². The van der Waals surface area contributed by atoms with Crippen molar-refractivity contribution in [3.8, 4) is 0 Å². The molecule has 1 N–H and O–H groups in total. The molecule has 5 nitrogen and oxygen atoms in total. The van der Waals surface area contributed by atoms with Gasteiger partial charge < -0.3 is 10.2 Å². The number of aromatic nitrogens is 3. The highest BCUT2D eigenvalue weighted by Crippen LogP contribution is 2.28. The topological polar surface area (TPSA) is 46.0 Å². The van der Waals surface area contributed by atoms with E-state index in [2.05, 4.69) is 27.5 Å². The Morgan fingerprint density at radius 1 is 1.39 bits per heavy atom. The van der Waals surface area contributed by atoms with Crippen LogP contribution >= 0.6 is 0 Å². The van der Waals surface area contributed by atoms with Crippen LogP contribution < -0.4 is 5.32 Å². The molecule has 3 rings (SSSR count). The van der Waals surface area contributed by atoms with Gasteiger partial charge in [0.05, 0.1) is 6.20 Å². The molecule has 0 bridgehead atoms. The molecule has 0 aliphatic carbocycles. The summed E-state index contributed by atoms with van der Waals surface area (Å²) < 4.78 is 1.99. The van der Waals surface area contributed by atoms with Gasteiger partial charge in [-0.2, -0.15) is 0 Å². The molecular formula is C13H23N5. The second-order valence-corrected chi connectivity index (χ2v) is 5.54. The van der Waals surface area contributed by atoms with Crippen molar-refractivity contribution in [2.45, 2.75) is 57.7 Å². The van der Waals surface area contributed by atoms with Crippen molar-refractivity contribution >= 4 is 5.82 Å². The number of aryl methyl sites for hydroxylation is 1. The number of hydrogen-bond acceptors (Lipinski definition) is 4. The molecule has 100 valence electrons. The molecule has 2 aliphatic heterocycles. The van der Waals surface area contributed by atoms with Crippen LogP contribution in [0.25, 0.3) is 0 Å². The maximum absolute atomic E-state index is 4.13. The Hall–Kier alpha value is -1.10. The Bertz CT molecular complexity index is 388. The Morgan fingerprint density at radius 3 is 3.22 bits per heavy atom. The molecule has 3 heterocycles. The number of anilines is 1. The van der Waals surface area contributed by atoms with Crippen LogP contribution in [-0.2, 0) is 6.54 Å². The zero-order chi connectivity index (χ0) is 12.4. The first kappa shape index (κ1) is 12.0. The Labute approximate surface area is 109 Å². The number of rotatable bonds is 4. The molecule has 1 aromatic heterocycles. The average molecular weight is 249 g/mol. The smallest absolute Gasteiger partial charge is 0.145 e. The Morgan fingerprint density at radius 2 is 2.33 bits per heavy atom. The summed E-state index contributed by atoms with van der Waals surface area (Å²) >= 11 is 0. The monoisotopic (exact) mass is 249 g/mol. The minimum absolute atomic E-state index is 0.596. The standard InChI is InChI=1S/C13H23N5/c1-2-6-18-13(10-14-16-18)15-11-5-8-17-7-3-4-12(17)9-11/h10-12,15H,2-9H2,1H3. The van der Waals surface area contributed by atoms with E-state index in [-0.39, 0.29) is 0 Å². The molecule has 0 spiro atoms. The molecule has 2 saturated heterocycles. The van der Waals surface area contributed by atoms with Gasteiger partial charge in [-0.1, -0.05) is 12.1 Å². The van der Waals surface area contributed by atoms with Crippen LogP contribution in [-0.4, -0.2) is 45.1 Å². The first-order valence-electron chi connectivity index (χ1n) is 7.26. The van der Waals surface area contributed by atoms with E-state index in [1.54, 1.807) is 0 Å². The van der Waals surface area contributed by atoms with Gasteiger partial charge in [-0.3, -0.25) is 0 Å². The highest BCUT2D eigenvalue weighted by Gasteiger charge is 2.31. The third-order valence-electron chi connectivity index (χ3n) is 4.23. The zero-order valence-electron chi connectivity index (χ0n) is 11.2. The molecule has 2 atom stereocenters. The second-order valence-electron chi connectivity index (χ2n) is 5.54. The van der Waals surface area contributed by atoms with Crippen LogP contribution in [0, 0.1) is 0 Å². The van der Waals surface area contributed by atoms with E-state index in [9.17, 15) is 0 Å². The molecule has 18 heavy (non-hydrogen) atoms. The van der Waals surface area contributed by atoms with Gasteiger partial charge in [-0.15, -0.1) is 5.10 Å². The second kappa shape index (κ2) is 5.26. The third kappa shape index (κ3) is 2.36. The van der Waals surface area contributed by atoms with Crippen molar-refractivity contribution in [2.24, 2.45) is 0 Å². The lowest BCUT2D eigenvalue weighted by Gasteiger charge is -2.35. The summed E-state index contributed by atoms with van der Waals surface area (Å²) in [5.41, 5.74) is 0. The lowest BCUT2D eigenvalue weighted by molar-refractivity contribution is 0.187. The quantitative estimate of drug-likeness (QED) is 0.882. The normalized spacial score (nSPS) is 28.3. The first-order chi connectivity index (χ1) is 8.86. The summed E-state index contributed by atoms with van der Waals surface area (Å²) in [4.78, 5) is 2.65. The number of fused-ring (bicyclic) bond motifs is 1. The molecular weight excluding hydrogens is 226 g/mol. The fourth-order valence-electron chi connectivity index (χ4n) is 3.31. The number of nitrogens with one attached hydrogen (secondary N) is 1. The Balaban J connectivity index is 1.60. The molecule has 0 aromatic carbocycles. The van der Waals surface area contributed by atoms with Gasteiger partial charge in [0, 0.05) is 25.2 Å².